The zero-order valence-electron chi connectivity index (χ0n) is 17.0. The van der Waals surface area contributed by atoms with Crippen molar-refractivity contribution in [3.63, 3.8) is 0 Å². The molecule has 0 bridgehead atoms. The van der Waals surface area contributed by atoms with Gasteiger partial charge in [0.1, 0.15) is 5.82 Å². The maximum absolute atomic E-state index is 14.1. The molecule has 31 heavy (non-hydrogen) atoms. The number of fused-ring (bicyclic) bond motifs is 1. The fourth-order valence-electron chi connectivity index (χ4n) is 4.96. The van der Waals surface area contributed by atoms with Crippen LogP contribution in [0.2, 0.25) is 0 Å². The van der Waals surface area contributed by atoms with Crippen LogP contribution in [0.4, 0.5) is 4.39 Å². The van der Waals surface area contributed by atoms with Crippen LogP contribution in [0, 0.1) is 11.2 Å². The number of halogens is 1. The molecule has 1 saturated heterocycles. The second-order valence-corrected chi connectivity index (χ2v) is 8.70. The Kier molecular flexibility index (Phi) is 4.31. The molecule has 7 heteroatoms. The van der Waals surface area contributed by atoms with Crippen molar-refractivity contribution in [2.45, 2.75) is 31.7 Å². The van der Waals surface area contributed by atoms with Gasteiger partial charge in [-0.15, -0.1) is 0 Å². The monoisotopic (exact) mass is 415 g/mol. The summed E-state index contributed by atoms with van der Waals surface area (Å²) >= 11 is 0. The molecule has 1 spiro atoms. The standard InChI is InChI=1S/C24H22FN5O/c25-20-6-5-17(21-18(20)4-2-10-27-21)15-30-11-7-24(8-12-30)13-19(24)23-28-22(29-31-23)16-3-1-9-26-14-16/h1-6,9-10,14,19H,7-8,11-13,15H2/t19-/m1/s1. The van der Waals surface area contributed by atoms with Crippen LogP contribution >= 0.6 is 0 Å². The van der Waals surface area contributed by atoms with Crippen molar-refractivity contribution in [1.29, 1.82) is 0 Å². The SMILES string of the molecule is Fc1ccc(CN2CCC3(CC2)C[C@@H]3c2nc(-c3cccnc3)no2)c2ncccc12. The predicted molar refractivity (Wildman–Crippen MR) is 114 cm³/mol. The maximum Gasteiger partial charge on any atom is 0.230 e. The van der Waals surface area contributed by atoms with E-state index in [1.165, 1.54) is 0 Å². The summed E-state index contributed by atoms with van der Waals surface area (Å²) in [4.78, 5) is 15.6. The minimum absolute atomic E-state index is 0.213. The minimum Gasteiger partial charge on any atom is -0.339 e. The topological polar surface area (TPSA) is 67.9 Å². The highest BCUT2D eigenvalue weighted by molar-refractivity contribution is 5.82. The van der Waals surface area contributed by atoms with E-state index in [2.05, 4.69) is 25.0 Å². The summed E-state index contributed by atoms with van der Waals surface area (Å²) in [7, 11) is 0. The van der Waals surface area contributed by atoms with Gasteiger partial charge in [0.2, 0.25) is 11.7 Å². The lowest BCUT2D eigenvalue weighted by atomic mass is 9.90. The van der Waals surface area contributed by atoms with Crippen LogP contribution in [-0.2, 0) is 6.54 Å². The lowest BCUT2D eigenvalue weighted by Crippen LogP contribution is -2.34. The van der Waals surface area contributed by atoms with Crippen LogP contribution in [0.1, 0.15) is 36.6 Å². The van der Waals surface area contributed by atoms with Crippen molar-refractivity contribution in [3.05, 3.63) is 72.3 Å². The Balaban J connectivity index is 1.13. The van der Waals surface area contributed by atoms with E-state index in [-0.39, 0.29) is 11.2 Å². The molecule has 1 saturated carbocycles. The van der Waals surface area contributed by atoms with Crippen LogP contribution < -0.4 is 0 Å². The van der Waals surface area contributed by atoms with E-state index >= 15 is 0 Å². The van der Waals surface area contributed by atoms with Gasteiger partial charge in [0.05, 0.1) is 5.52 Å². The summed E-state index contributed by atoms with van der Waals surface area (Å²) in [6, 6.07) is 10.8. The number of benzene rings is 1. The molecule has 6 rings (SSSR count). The summed E-state index contributed by atoms with van der Waals surface area (Å²) in [5, 5.41) is 4.75. The summed E-state index contributed by atoms with van der Waals surface area (Å²) in [6.45, 7) is 2.80. The highest BCUT2D eigenvalue weighted by atomic mass is 19.1. The molecule has 2 fully saturated rings. The Morgan fingerprint density at radius 1 is 1.10 bits per heavy atom. The van der Waals surface area contributed by atoms with E-state index in [1.807, 2.05) is 18.2 Å². The first-order valence-electron chi connectivity index (χ1n) is 10.7. The number of hydrogen-bond acceptors (Lipinski definition) is 6. The first-order chi connectivity index (χ1) is 15.2. The molecule has 0 unspecified atom stereocenters. The number of piperidine rings is 1. The van der Waals surface area contributed by atoms with E-state index in [4.69, 9.17) is 4.52 Å². The molecule has 2 aliphatic rings. The fraction of sp³-hybridized carbons (Fsp3) is 0.333. The fourth-order valence-corrected chi connectivity index (χ4v) is 4.96. The van der Waals surface area contributed by atoms with E-state index < -0.39 is 0 Å². The Hall–Kier alpha value is -3.19. The first kappa shape index (κ1) is 18.6. The van der Waals surface area contributed by atoms with Gasteiger partial charge in [0.25, 0.3) is 0 Å². The van der Waals surface area contributed by atoms with Crippen molar-refractivity contribution in [3.8, 4) is 11.4 Å². The molecule has 6 nitrogen and oxygen atoms in total. The van der Waals surface area contributed by atoms with Gasteiger partial charge >= 0.3 is 0 Å². The number of aromatic nitrogens is 4. The third-order valence-electron chi connectivity index (χ3n) is 6.90. The summed E-state index contributed by atoms with van der Waals surface area (Å²) < 4.78 is 19.7. The van der Waals surface area contributed by atoms with Crippen molar-refractivity contribution in [2.75, 3.05) is 13.1 Å². The Morgan fingerprint density at radius 3 is 2.81 bits per heavy atom. The quantitative estimate of drug-likeness (QED) is 0.486. The first-order valence-corrected chi connectivity index (χ1v) is 10.7. The van der Waals surface area contributed by atoms with Crippen molar-refractivity contribution in [2.24, 2.45) is 5.41 Å². The minimum atomic E-state index is -0.213. The molecule has 4 heterocycles. The number of likely N-dealkylation sites (tertiary alicyclic amines) is 1. The summed E-state index contributed by atoms with van der Waals surface area (Å²) in [5.74, 6) is 1.50. The largest absolute Gasteiger partial charge is 0.339 e. The second-order valence-electron chi connectivity index (χ2n) is 8.70. The highest BCUT2D eigenvalue weighted by Gasteiger charge is 2.58. The third-order valence-corrected chi connectivity index (χ3v) is 6.90. The van der Waals surface area contributed by atoms with Crippen LogP contribution in [0.5, 0.6) is 0 Å². The molecule has 0 N–H and O–H groups in total. The van der Waals surface area contributed by atoms with Crippen LogP contribution in [0.3, 0.4) is 0 Å². The Bertz CT molecular complexity index is 1230. The van der Waals surface area contributed by atoms with Gasteiger partial charge in [0, 0.05) is 42.0 Å². The van der Waals surface area contributed by atoms with Crippen molar-refractivity contribution < 1.29 is 8.91 Å². The van der Waals surface area contributed by atoms with E-state index in [9.17, 15) is 4.39 Å². The molecule has 3 aromatic heterocycles. The molecule has 0 amide bonds. The Labute approximate surface area is 179 Å². The molecule has 156 valence electrons. The van der Waals surface area contributed by atoms with Crippen molar-refractivity contribution in [1.82, 2.24) is 25.0 Å². The number of pyridine rings is 2. The second kappa shape index (κ2) is 7.20. The highest BCUT2D eigenvalue weighted by Crippen LogP contribution is 2.64. The normalized spacial score (nSPS) is 20.4. The Morgan fingerprint density at radius 2 is 1.97 bits per heavy atom. The number of nitrogens with zero attached hydrogens (tertiary/aromatic N) is 5. The average Bonchev–Trinajstić information content (AvgIpc) is 3.28. The van der Waals surface area contributed by atoms with Gasteiger partial charge in [-0.05, 0) is 73.7 Å². The third kappa shape index (κ3) is 3.29. The van der Waals surface area contributed by atoms with Crippen LogP contribution in [0.25, 0.3) is 22.3 Å². The summed E-state index contributed by atoms with van der Waals surface area (Å²) in [6.07, 6.45) is 8.54. The van der Waals surface area contributed by atoms with Gasteiger partial charge in [-0.2, -0.15) is 4.98 Å². The molecule has 1 aliphatic heterocycles. The lowest BCUT2D eigenvalue weighted by molar-refractivity contribution is 0.159. The molecule has 1 atom stereocenters. The molecule has 1 aliphatic carbocycles. The molecule has 4 aromatic rings. The molecule has 1 aromatic carbocycles. The van der Waals surface area contributed by atoms with Gasteiger partial charge in [-0.1, -0.05) is 11.2 Å². The zero-order chi connectivity index (χ0) is 20.8. The molecular formula is C24H22FN5O. The lowest BCUT2D eigenvalue weighted by Gasteiger charge is -2.32. The van der Waals surface area contributed by atoms with E-state index in [0.29, 0.717) is 17.1 Å². The number of rotatable bonds is 4. The molecular weight excluding hydrogens is 393 g/mol. The van der Waals surface area contributed by atoms with Gasteiger partial charge < -0.3 is 4.52 Å². The van der Waals surface area contributed by atoms with E-state index in [1.54, 1.807) is 36.8 Å². The van der Waals surface area contributed by atoms with E-state index in [0.717, 1.165) is 61.4 Å². The number of hydrogen-bond donors (Lipinski definition) is 0. The van der Waals surface area contributed by atoms with Gasteiger partial charge in [0.15, 0.2) is 0 Å². The zero-order valence-corrected chi connectivity index (χ0v) is 17.0. The smallest absolute Gasteiger partial charge is 0.230 e. The van der Waals surface area contributed by atoms with Crippen molar-refractivity contribution >= 4 is 10.9 Å². The summed E-state index contributed by atoms with van der Waals surface area (Å²) in [5.41, 5.74) is 3.00. The van der Waals surface area contributed by atoms with Gasteiger partial charge in [-0.3, -0.25) is 14.9 Å². The van der Waals surface area contributed by atoms with Crippen LogP contribution in [-0.4, -0.2) is 38.1 Å². The molecule has 0 radical (unpaired) electrons. The predicted octanol–water partition coefficient (Wildman–Crippen LogP) is 4.59. The van der Waals surface area contributed by atoms with Gasteiger partial charge in [-0.25, -0.2) is 4.39 Å². The average molecular weight is 415 g/mol. The maximum atomic E-state index is 14.1. The van der Waals surface area contributed by atoms with Crippen LogP contribution in [0.15, 0.2) is 59.5 Å².